The molecule has 2 aliphatic heterocycles. The Morgan fingerprint density at radius 2 is 2.15 bits per heavy atom. The zero-order valence-corrected chi connectivity index (χ0v) is 12.4. The zero-order valence-electron chi connectivity index (χ0n) is 12.4. The molecule has 3 fully saturated rings. The van der Waals surface area contributed by atoms with Crippen molar-refractivity contribution in [2.45, 2.75) is 56.3 Å². The van der Waals surface area contributed by atoms with E-state index in [9.17, 15) is 9.90 Å². The molecule has 1 spiro atoms. The van der Waals surface area contributed by atoms with Crippen LogP contribution in [0.25, 0.3) is 0 Å². The number of amides is 1. The Bertz CT molecular complexity index is 362. The van der Waals surface area contributed by atoms with E-state index in [4.69, 9.17) is 4.74 Å². The lowest BCUT2D eigenvalue weighted by atomic mass is 9.97. The summed E-state index contributed by atoms with van der Waals surface area (Å²) in [6.45, 7) is 2.16. The molecule has 0 radical (unpaired) electrons. The number of carbonyl (C=O) groups is 1. The summed E-state index contributed by atoms with van der Waals surface area (Å²) in [6.07, 6.45) is 6.31. The highest BCUT2D eigenvalue weighted by molar-refractivity contribution is 5.79. The van der Waals surface area contributed by atoms with Crippen molar-refractivity contribution in [3.63, 3.8) is 0 Å². The van der Waals surface area contributed by atoms with E-state index >= 15 is 0 Å². The summed E-state index contributed by atoms with van der Waals surface area (Å²) in [7, 11) is 2.04. The monoisotopic (exact) mass is 282 g/mol. The molecular weight excluding hydrogens is 256 g/mol. The highest BCUT2D eigenvalue weighted by atomic mass is 16.5. The maximum absolute atomic E-state index is 12.4. The van der Waals surface area contributed by atoms with Gasteiger partial charge in [-0.15, -0.1) is 0 Å². The van der Waals surface area contributed by atoms with E-state index in [0.717, 1.165) is 12.8 Å². The van der Waals surface area contributed by atoms with Crippen molar-refractivity contribution in [3.8, 4) is 0 Å². The van der Waals surface area contributed by atoms with Gasteiger partial charge in [0.25, 0.3) is 0 Å². The lowest BCUT2D eigenvalue weighted by Crippen LogP contribution is -2.43. The van der Waals surface area contributed by atoms with Crippen LogP contribution in [-0.2, 0) is 9.53 Å². The van der Waals surface area contributed by atoms with Gasteiger partial charge in [0, 0.05) is 19.2 Å². The van der Waals surface area contributed by atoms with Gasteiger partial charge in [-0.25, -0.2) is 0 Å². The van der Waals surface area contributed by atoms with Crippen molar-refractivity contribution in [2.75, 3.05) is 33.3 Å². The Kier molecular flexibility index (Phi) is 4.02. The van der Waals surface area contributed by atoms with Crippen molar-refractivity contribution < 1.29 is 14.6 Å². The average molecular weight is 282 g/mol. The molecule has 0 aromatic rings. The van der Waals surface area contributed by atoms with Crippen LogP contribution in [0.5, 0.6) is 0 Å². The van der Waals surface area contributed by atoms with Crippen molar-refractivity contribution in [1.82, 2.24) is 9.80 Å². The van der Waals surface area contributed by atoms with Crippen molar-refractivity contribution in [2.24, 2.45) is 0 Å². The molecule has 5 nitrogen and oxygen atoms in total. The molecule has 2 heterocycles. The third-order valence-corrected chi connectivity index (χ3v) is 5.28. The van der Waals surface area contributed by atoms with Crippen LogP contribution < -0.4 is 0 Å². The summed E-state index contributed by atoms with van der Waals surface area (Å²) < 4.78 is 5.74. The summed E-state index contributed by atoms with van der Waals surface area (Å²) in [4.78, 5) is 16.4. The van der Waals surface area contributed by atoms with Gasteiger partial charge in [0.15, 0.2) is 0 Å². The van der Waals surface area contributed by atoms with Gasteiger partial charge < -0.3 is 14.7 Å². The molecule has 5 heteroatoms. The number of β-amino-alcohol motifs (C(OH)–C–C–N with tert-alkyl or cyclic N) is 1. The highest BCUT2D eigenvalue weighted by Gasteiger charge is 2.50. The van der Waals surface area contributed by atoms with Gasteiger partial charge in [0.1, 0.15) is 11.7 Å². The van der Waals surface area contributed by atoms with Crippen LogP contribution in [0.15, 0.2) is 0 Å². The molecule has 2 atom stereocenters. The molecule has 0 aromatic heterocycles. The molecule has 114 valence electrons. The van der Waals surface area contributed by atoms with Gasteiger partial charge in [-0.2, -0.15) is 0 Å². The molecule has 1 N–H and O–H groups in total. The highest BCUT2D eigenvalue weighted by Crippen LogP contribution is 2.35. The summed E-state index contributed by atoms with van der Waals surface area (Å²) in [5.41, 5.74) is -0.471. The second-order valence-electron chi connectivity index (χ2n) is 6.66. The van der Waals surface area contributed by atoms with Crippen LogP contribution in [0.1, 0.15) is 38.5 Å². The molecular formula is C15H26N2O3. The van der Waals surface area contributed by atoms with Gasteiger partial charge >= 0.3 is 0 Å². The number of likely N-dealkylation sites (N-methyl/N-ethyl adjacent to an activating group) is 1. The number of likely N-dealkylation sites (tertiary alicyclic amines) is 1. The van der Waals surface area contributed by atoms with Gasteiger partial charge in [0.05, 0.1) is 13.1 Å². The molecule has 1 aliphatic carbocycles. The first-order valence-electron chi connectivity index (χ1n) is 7.91. The summed E-state index contributed by atoms with van der Waals surface area (Å²) in [5, 5.41) is 10.2. The van der Waals surface area contributed by atoms with E-state index in [1.165, 1.54) is 25.7 Å². The first kappa shape index (κ1) is 14.3. The number of aliphatic hydroxyl groups excluding tert-OH is 1. The van der Waals surface area contributed by atoms with E-state index in [0.29, 0.717) is 32.3 Å². The van der Waals surface area contributed by atoms with E-state index in [1.807, 2.05) is 7.05 Å². The van der Waals surface area contributed by atoms with Crippen LogP contribution in [0, 0.1) is 0 Å². The number of hydrogen-bond acceptors (Lipinski definition) is 4. The van der Waals surface area contributed by atoms with E-state index in [1.54, 1.807) is 4.90 Å². The third-order valence-electron chi connectivity index (χ3n) is 5.28. The molecule has 20 heavy (non-hydrogen) atoms. The van der Waals surface area contributed by atoms with Crippen molar-refractivity contribution in [1.29, 1.82) is 0 Å². The number of aliphatic hydroxyl groups is 1. The van der Waals surface area contributed by atoms with E-state index < -0.39 is 11.7 Å². The smallest absolute Gasteiger partial charge is 0.236 e. The fourth-order valence-corrected chi connectivity index (χ4v) is 3.95. The number of rotatable bonds is 3. The van der Waals surface area contributed by atoms with E-state index in [-0.39, 0.29) is 5.91 Å². The first-order valence-corrected chi connectivity index (χ1v) is 7.91. The van der Waals surface area contributed by atoms with Crippen LogP contribution in [0.2, 0.25) is 0 Å². The Labute approximate surface area is 120 Å². The molecule has 0 unspecified atom stereocenters. The fourth-order valence-electron chi connectivity index (χ4n) is 3.95. The zero-order chi connectivity index (χ0) is 14.2. The number of hydrogen-bond donors (Lipinski definition) is 1. The SMILES string of the molecule is CN(CC(=O)N1C[C@H](O)[C@]2(CCCO2)C1)C1CCCC1. The minimum absolute atomic E-state index is 0.130. The molecule has 0 aromatic carbocycles. The number of carbonyl (C=O) groups excluding carboxylic acids is 1. The second kappa shape index (κ2) is 5.62. The minimum Gasteiger partial charge on any atom is -0.388 e. The Hall–Kier alpha value is -0.650. The standard InChI is InChI=1S/C15H26N2O3/c1-16(12-5-2-3-6-12)10-14(19)17-9-13(18)15(11-17)7-4-8-20-15/h12-13,18H,2-11H2,1H3/t13-,15-/m0/s1. The predicted molar refractivity (Wildman–Crippen MR) is 75.4 cm³/mol. The van der Waals surface area contributed by atoms with Gasteiger partial charge in [-0.3, -0.25) is 9.69 Å². The first-order chi connectivity index (χ1) is 9.61. The summed E-state index contributed by atoms with van der Waals surface area (Å²) in [6, 6.07) is 0.558. The maximum Gasteiger partial charge on any atom is 0.236 e. The van der Waals surface area contributed by atoms with Crippen molar-refractivity contribution >= 4 is 5.91 Å². The molecule has 1 saturated carbocycles. The predicted octanol–water partition coefficient (Wildman–Crippen LogP) is 0.613. The van der Waals surface area contributed by atoms with E-state index in [2.05, 4.69) is 4.90 Å². The lowest BCUT2D eigenvalue weighted by molar-refractivity contribution is -0.132. The van der Waals surface area contributed by atoms with Crippen LogP contribution in [0.4, 0.5) is 0 Å². The Morgan fingerprint density at radius 1 is 1.40 bits per heavy atom. The van der Waals surface area contributed by atoms with Crippen LogP contribution >= 0.6 is 0 Å². The molecule has 3 aliphatic rings. The Morgan fingerprint density at radius 3 is 2.80 bits per heavy atom. The summed E-state index contributed by atoms with van der Waals surface area (Å²) >= 11 is 0. The third kappa shape index (κ3) is 2.59. The molecule has 1 amide bonds. The largest absolute Gasteiger partial charge is 0.388 e. The van der Waals surface area contributed by atoms with Crippen LogP contribution in [0.3, 0.4) is 0 Å². The Balaban J connectivity index is 1.55. The number of ether oxygens (including phenoxy) is 1. The second-order valence-corrected chi connectivity index (χ2v) is 6.66. The van der Waals surface area contributed by atoms with Crippen LogP contribution in [-0.4, -0.2) is 71.8 Å². The normalized spacial score (nSPS) is 34.8. The fraction of sp³-hybridized carbons (Fsp3) is 0.933. The summed E-state index contributed by atoms with van der Waals surface area (Å²) in [5.74, 6) is 0.130. The van der Waals surface area contributed by atoms with Gasteiger partial charge in [0.2, 0.25) is 5.91 Å². The lowest BCUT2D eigenvalue weighted by Gasteiger charge is -2.27. The quantitative estimate of drug-likeness (QED) is 0.824. The minimum atomic E-state index is -0.522. The average Bonchev–Trinajstić information content (AvgIpc) is 3.14. The van der Waals surface area contributed by atoms with Gasteiger partial charge in [-0.05, 0) is 32.7 Å². The number of nitrogens with zero attached hydrogens (tertiary/aromatic N) is 2. The molecule has 2 saturated heterocycles. The topological polar surface area (TPSA) is 53.0 Å². The molecule has 3 rings (SSSR count). The maximum atomic E-state index is 12.4. The van der Waals surface area contributed by atoms with Gasteiger partial charge in [-0.1, -0.05) is 12.8 Å². The van der Waals surface area contributed by atoms with Crippen molar-refractivity contribution in [3.05, 3.63) is 0 Å². The molecule has 0 bridgehead atoms.